The zero-order chi connectivity index (χ0) is 75.6. The number of carbonyl (C=O) groups excluding carboxylic acids is 1. The summed E-state index contributed by atoms with van der Waals surface area (Å²) >= 11 is 0. The molecule has 3 unspecified atom stereocenters. The highest BCUT2D eigenvalue weighted by Gasteiger charge is 2.33. The number of carbonyl (C=O) groups is 1. The number of benzene rings is 12. The third-order valence-electron chi connectivity index (χ3n) is 17.2. The molecule has 12 aromatic carbocycles. The van der Waals surface area contributed by atoms with Gasteiger partial charge in [-0.25, -0.2) is 0 Å². The molecule has 0 aromatic heterocycles. The van der Waals surface area contributed by atoms with Crippen LogP contribution in [0.2, 0.25) is 0 Å². The van der Waals surface area contributed by atoms with Gasteiger partial charge in [0.05, 0.1) is 22.3 Å². The Labute approximate surface area is 656 Å². The van der Waals surface area contributed by atoms with Crippen molar-refractivity contribution in [1.29, 1.82) is 0 Å². The van der Waals surface area contributed by atoms with E-state index in [2.05, 4.69) is 146 Å². The highest BCUT2D eigenvalue weighted by atomic mass is 35.5. The van der Waals surface area contributed by atoms with E-state index in [1.807, 2.05) is 79.7 Å². The molecule has 0 bridgehead atoms. The van der Waals surface area contributed by atoms with Crippen LogP contribution in [0.5, 0.6) is 0 Å². The van der Waals surface area contributed by atoms with E-state index in [0.29, 0.717) is 42.5 Å². The summed E-state index contributed by atoms with van der Waals surface area (Å²) in [4.78, 5) is 9.95. The van der Waals surface area contributed by atoms with Crippen LogP contribution in [0, 0.1) is 0 Å². The molecule has 0 fully saturated rings. The Bertz CT molecular complexity index is 4690. The van der Waals surface area contributed by atoms with Crippen molar-refractivity contribution in [2.75, 3.05) is 19.6 Å². The van der Waals surface area contributed by atoms with Crippen molar-refractivity contribution < 1.29 is 57.5 Å². The third-order valence-corrected chi connectivity index (χ3v) is 17.2. The molecule has 0 amide bonds. The van der Waals surface area contributed by atoms with E-state index in [9.17, 15) is 57.5 Å². The molecule has 0 saturated carbocycles. The molecule has 12 aromatic rings. The average Bonchev–Trinajstić information content (AvgIpc) is 0.830. The van der Waals surface area contributed by atoms with Gasteiger partial charge in [0.25, 0.3) is 0 Å². The molecule has 20 heteroatoms. The Balaban J connectivity index is 0.000000361. The van der Waals surface area contributed by atoms with Crippen LogP contribution in [0.15, 0.2) is 285 Å². The third kappa shape index (κ3) is 29.0. The van der Waals surface area contributed by atoms with Gasteiger partial charge in [-0.3, -0.25) is 4.79 Å². The van der Waals surface area contributed by atoms with Crippen molar-refractivity contribution in [3.8, 4) is 0 Å². The van der Waals surface area contributed by atoms with E-state index < -0.39 is 47.0 Å². The molecule has 0 aliphatic heterocycles. The van der Waals surface area contributed by atoms with Crippen LogP contribution in [0.3, 0.4) is 0 Å². The number of nitrogens with one attached hydrogen (secondary N) is 3. The van der Waals surface area contributed by atoms with Gasteiger partial charge in [0.2, 0.25) is 0 Å². The summed E-state index contributed by atoms with van der Waals surface area (Å²) in [5, 5.41) is 20.0. The van der Waals surface area contributed by atoms with Crippen LogP contribution >= 0.6 is 37.2 Å². The van der Waals surface area contributed by atoms with Gasteiger partial charge >= 0.3 is 24.7 Å². The van der Waals surface area contributed by atoms with Gasteiger partial charge < -0.3 is 21.7 Å². The number of halogens is 15. The molecule has 5 nitrogen and oxygen atoms in total. The number of aldehydes is 1. The maximum Gasteiger partial charge on any atom is 0.416 e. The lowest BCUT2D eigenvalue weighted by Crippen LogP contribution is -2.20. The molecular weight excluding hydrogens is 1490 g/mol. The quantitative estimate of drug-likeness (QED) is 0.0281. The second-order valence-electron chi connectivity index (χ2n) is 25.0. The zero-order valence-electron chi connectivity index (χ0n) is 59.5. The van der Waals surface area contributed by atoms with Crippen LogP contribution in [0.4, 0.5) is 52.7 Å². The molecule has 5 N–H and O–H groups in total. The average molecular weight is 1580 g/mol. The van der Waals surface area contributed by atoms with Crippen LogP contribution < -0.4 is 21.7 Å². The highest BCUT2D eigenvalue weighted by Crippen LogP contribution is 2.35. The summed E-state index contributed by atoms with van der Waals surface area (Å²) in [5.41, 5.74) is 10.4. The maximum absolute atomic E-state index is 12.8. The topological polar surface area (TPSA) is 79.2 Å². The molecule has 12 rings (SSSR count). The van der Waals surface area contributed by atoms with Gasteiger partial charge in [-0.2, -0.15) is 52.7 Å². The van der Waals surface area contributed by atoms with E-state index in [1.165, 1.54) is 108 Å². The number of allylic oxidation sites excluding steroid dienone is 1. The minimum atomic E-state index is -4.34. The number of hydrogen-bond donors (Lipinski definition) is 4. The molecule has 0 saturated heterocycles. The maximum atomic E-state index is 12.8. The molecule has 0 aliphatic rings. The summed E-state index contributed by atoms with van der Waals surface area (Å²) in [5.74, 6) is 0. The molecule has 0 heterocycles. The van der Waals surface area contributed by atoms with Crippen molar-refractivity contribution >= 4 is 105 Å². The Morgan fingerprint density at radius 3 is 0.964 bits per heavy atom. The van der Waals surface area contributed by atoms with E-state index in [4.69, 9.17) is 5.73 Å². The Hall–Kier alpha value is -9.56. The fourth-order valence-corrected chi connectivity index (χ4v) is 11.9. The Morgan fingerprint density at radius 1 is 0.345 bits per heavy atom. The number of rotatable bonds is 19. The lowest BCUT2D eigenvalue weighted by molar-refractivity contribution is -0.138. The second kappa shape index (κ2) is 45.6. The summed E-state index contributed by atoms with van der Waals surface area (Å²) in [6, 6.07) is 79.6. The van der Waals surface area contributed by atoms with Crippen LogP contribution in [0.25, 0.3) is 61.3 Å². The summed E-state index contributed by atoms with van der Waals surface area (Å²) < 4.78 is 151. The Kier molecular flexibility index (Phi) is 39.2. The summed E-state index contributed by atoms with van der Waals surface area (Å²) in [6.45, 7) is 10.2. The van der Waals surface area contributed by atoms with Gasteiger partial charge in [-0.05, 0) is 183 Å². The molecule has 110 heavy (non-hydrogen) atoms. The van der Waals surface area contributed by atoms with Crippen molar-refractivity contribution in [2.24, 2.45) is 5.73 Å². The van der Waals surface area contributed by atoms with E-state index in [-0.39, 0.29) is 76.2 Å². The largest absolute Gasteiger partial charge is 0.416 e. The molecule has 0 radical (unpaired) electrons. The van der Waals surface area contributed by atoms with Gasteiger partial charge in [-0.15, -0.1) is 37.2 Å². The number of alkyl halides is 12. The predicted octanol–water partition coefficient (Wildman–Crippen LogP) is 26.9. The number of hydrogen-bond acceptors (Lipinski definition) is 5. The van der Waals surface area contributed by atoms with Crippen LogP contribution in [-0.2, 0) is 35.9 Å². The number of fused-ring (bicyclic) bond motifs is 4. The first-order valence-corrected chi connectivity index (χ1v) is 34.2. The molecule has 4 atom stereocenters. The van der Waals surface area contributed by atoms with Crippen LogP contribution in [-0.4, -0.2) is 25.9 Å². The standard InChI is InChI=1S/C22H22F3N.2C22H20F3N.C12H13N.C10H7F3O.2CH4.3ClH/c3*1-16(20-13-5-10-18-9-2-3-12-21(18)20)26-14-6-8-17-7-4-11-19(15-17)22(23,24)25;1-9(13)11-8-4-6-10-5-2-3-7-12(10)11;11-10(12,13)9-5-1-3-8(7-9)4-2-6-14;;;;;/h2-5,7,9-13,15-16,26H,6,8,14H2,1H3;2*2-13,15-16,26H,14H2,1H3;2-9H,13H2,1H3;1-7H;2*1H4;3*1H/b;2*8-6+;;4-2+;;;;;/t;;;9-;;;;;;/m...1....../s1. The SMILES string of the molecule is C.C.CC(NC/C=C/c1cccc(C(F)(F)F)c1)c1cccc2ccccc12.CC(NC/C=C/c1cccc(C(F)(F)F)c1)c1cccc2ccccc12.CC(NCCCc1cccc(C(F)(F)F)c1)c1cccc2ccccc12.C[C@@H](N)c1cccc2ccccc12.Cl.Cl.Cl.O=C/C=C/c1cccc(C(F)(F)F)c1. The normalized spacial score (nSPS) is 12.5. The minimum Gasteiger partial charge on any atom is -0.324 e. The van der Waals surface area contributed by atoms with Crippen molar-refractivity contribution in [2.45, 2.75) is 104 Å². The first kappa shape index (κ1) is 94.6. The fraction of sp³-hybridized carbons (Fsp3) is 0.211. The molecule has 584 valence electrons. The highest BCUT2D eigenvalue weighted by molar-refractivity contribution is 5.89. The minimum absolute atomic E-state index is 0. The molecule has 0 aliphatic carbocycles. The summed E-state index contributed by atoms with van der Waals surface area (Å²) in [6.07, 6.45) is -5.75. The summed E-state index contributed by atoms with van der Waals surface area (Å²) in [7, 11) is 0. The van der Waals surface area contributed by atoms with Crippen LogP contribution in [0.1, 0.15) is 140 Å². The van der Waals surface area contributed by atoms with Gasteiger partial charge in [0.15, 0.2) is 0 Å². The van der Waals surface area contributed by atoms with Gasteiger partial charge in [-0.1, -0.05) is 270 Å². The number of nitrogens with two attached hydrogens (primary N) is 1. The molecular formula is C90H93Cl3F12N4O. The number of aryl methyl sites for hydroxylation is 1. The van der Waals surface area contributed by atoms with Crippen molar-refractivity contribution in [3.05, 3.63) is 352 Å². The lowest BCUT2D eigenvalue weighted by Gasteiger charge is -2.17. The fourth-order valence-electron chi connectivity index (χ4n) is 11.9. The first-order chi connectivity index (χ1) is 50.2. The van der Waals surface area contributed by atoms with E-state index in [1.54, 1.807) is 30.4 Å². The monoisotopic (exact) mass is 1580 g/mol. The van der Waals surface area contributed by atoms with Gasteiger partial charge in [0, 0.05) is 37.3 Å². The van der Waals surface area contributed by atoms with E-state index in [0.717, 1.165) is 67.1 Å². The first-order valence-electron chi connectivity index (χ1n) is 34.2. The molecule has 0 spiro atoms. The lowest BCUT2D eigenvalue weighted by atomic mass is 9.99. The second-order valence-corrected chi connectivity index (χ2v) is 25.0. The smallest absolute Gasteiger partial charge is 0.324 e. The zero-order valence-corrected chi connectivity index (χ0v) is 62.0. The van der Waals surface area contributed by atoms with Gasteiger partial charge in [0.1, 0.15) is 6.29 Å². The van der Waals surface area contributed by atoms with Crippen molar-refractivity contribution in [1.82, 2.24) is 16.0 Å². The Morgan fingerprint density at radius 2 is 0.627 bits per heavy atom. The van der Waals surface area contributed by atoms with E-state index >= 15 is 0 Å². The van der Waals surface area contributed by atoms with Crippen molar-refractivity contribution in [3.63, 3.8) is 0 Å². The predicted molar refractivity (Wildman–Crippen MR) is 440 cm³/mol.